The van der Waals surface area contributed by atoms with Crippen LogP contribution in [0.4, 0.5) is 0 Å². The fourth-order valence-corrected chi connectivity index (χ4v) is 1.66. The van der Waals surface area contributed by atoms with Crippen LogP contribution in [-0.2, 0) is 13.1 Å². The molecule has 0 atom stereocenters. The maximum Gasteiger partial charge on any atom is 0.230 e. The summed E-state index contributed by atoms with van der Waals surface area (Å²) in [5.41, 5.74) is 6.42. The molecule has 0 aliphatic carbocycles. The second kappa shape index (κ2) is 4.92. The van der Waals surface area contributed by atoms with Crippen molar-refractivity contribution in [2.75, 3.05) is 6.54 Å². The monoisotopic (exact) mass is 233 g/mol. The second-order valence-corrected chi connectivity index (χ2v) is 3.65. The van der Waals surface area contributed by atoms with Crippen LogP contribution in [0.15, 0.2) is 24.8 Å². The van der Waals surface area contributed by atoms with Crippen molar-refractivity contribution in [3.63, 3.8) is 0 Å². The number of aromatic nitrogens is 4. The molecule has 2 aromatic heterocycles. The molecule has 0 aliphatic rings. The Morgan fingerprint density at radius 1 is 1.53 bits per heavy atom. The van der Waals surface area contributed by atoms with Crippen LogP contribution in [0.2, 0.25) is 0 Å². The maximum atomic E-state index is 12.1. The number of nitrogens with zero attached hydrogens (tertiary/aromatic N) is 4. The van der Waals surface area contributed by atoms with Crippen LogP contribution in [0.5, 0.6) is 0 Å². The summed E-state index contributed by atoms with van der Waals surface area (Å²) in [5, 5.41) is 4.07. The third kappa shape index (κ3) is 2.26. The highest BCUT2D eigenvalue weighted by atomic mass is 16.1. The maximum absolute atomic E-state index is 12.1. The van der Waals surface area contributed by atoms with E-state index in [0.29, 0.717) is 31.0 Å². The number of aryl methyl sites for hydroxylation is 1. The fourth-order valence-electron chi connectivity index (χ4n) is 1.66. The van der Waals surface area contributed by atoms with Gasteiger partial charge >= 0.3 is 0 Å². The van der Waals surface area contributed by atoms with E-state index in [-0.39, 0.29) is 5.78 Å². The third-order valence-corrected chi connectivity index (χ3v) is 2.50. The summed E-state index contributed by atoms with van der Waals surface area (Å²) in [6, 6.07) is 1.70. The minimum Gasteiger partial charge on any atom is -0.335 e. The number of hydrogen-bond acceptors (Lipinski definition) is 4. The summed E-state index contributed by atoms with van der Waals surface area (Å²) >= 11 is 0. The molecule has 0 fully saturated rings. The zero-order chi connectivity index (χ0) is 12.3. The molecule has 0 bridgehead atoms. The molecule has 6 heteroatoms. The molecule has 0 radical (unpaired) electrons. The minimum absolute atomic E-state index is 0.111. The Morgan fingerprint density at radius 3 is 3.06 bits per heavy atom. The molecule has 0 aromatic carbocycles. The van der Waals surface area contributed by atoms with Gasteiger partial charge in [0.05, 0.1) is 6.33 Å². The number of carbonyl (C=O) groups excluding carboxylic acids is 1. The predicted molar refractivity (Wildman–Crippen MR) is 62.6 cm³/mol. The van der Waals surface area contributed by atoms with Crippen molar-refractivity contribution in [2.45, 2.75) is 20.0 Å². The summed E-state index contributed by atoms with van der Waals surface area (Å²) in [7, 11) is 0. The van der Waals surface area contributed by atoms with E-state index < -0.39 is 0 Å². The van der Waals surface area contributed by atoms with E-state index in [9.17, 15) is 4.79 Å². The first-order valence-electron chi connectivity index (χ1n) is 5.54. The lowest BCUT2D eigenvalue weighted by atomic mass is 10.2. The molecule has 2 heterocycles. The summed E-state index contributed by atoms with van der Waals surface area (Å²) < 4.78 is 3.46. The standard InChI is InChI=1S/C11H15N5O/c1-2-16-10(3-5-14-16)11(17)9-7-15(6-4-12)8-13-9/h3,5,7-8H,2,4,6,12H2,1H3. The van der Waals surface area contributed by atoms with Crippen molar-refractivity contribution < 1.29 is 4.79 Å². The Morgan fingerprint density at radius 2 is 2.35 bits per heavy atom. The highest BCUT2D eigenvalue weighted by Crippen LogP contribution is 2.07. The van der Waals surface area contributed by atoms with Gasteiger partial charge in [0, 0.05) is 32.0 Å². The molecular formula is C11H15N5O. The summed E-state index contributed by atoms with van der Waals surface area (Å²) in [4.78, 5) is 16.2. The average molecular weight is 233 g/mol. The third-order valence-electron chi connectivity index (χ3n) is 2.50. The number of nitrogens with two attached hydrogens (primary N) is 1. The van der Waals surface area contributed by atoms with Gasteiger partial charge in [-0.3, -0.25) is 9.48 Å². The zero-order valence-corrected chi connectivity index (χ0v) is 9.71. The van der Waals surface area contributed by atoms with Crippen LogP contribution >= 0.6 is 0 Å². The number of imidazole rings is 1. The van der Waals surface area contributed by atoms with Crippen molar-refractivity contribution in [3.05, 3.63) is 36.2 Å². The van der Waals surface area contributed by atoms with Gasteiger partial charge in [-0.25, -0.2) is 4.98 Å². The zero-order valence-electron chi connectivity index (χ0n) is 9.71. The Labute approximate surface area is 99.1 Å². The van der Waals surface area contributed by atoms with E-state index in [1.165, 1.54) is 0 Å². The Kier molecular flexibility index (Phi) is 3.34. The number of carbonyl (C=O) groups is 1. The van der Waals surface area contributed by atoms with Crippen LogP contribution in [0.25, 0.3) is 0 Å². The highest BCUT2D eigenvalue weighted by Gasteiger charge is 2.15. The Balaban J connectivity index is 2.24. The van der Waals surface area contributed by atoms with Crippen LogP contribution in [0, 0.1) is 0 Å². The van der Waals surface area contributed by atoms with Gasteiger partial charge in [-0.05, 0) is 13.0 Å². The minimum atomic E-state index is -0.111. The van der Waals surface area contributed by atoms with E-state index in [1.807, 2.05) is 6.92 Å². The number of hydrogen-bond donors (Lipinski definition) is 1. The molecule has 2 N–H and O–H groups in total. The molecule has 17 heavy (non-hydrogen) atoms. The van der Waals surface area contributed by atoms with Crippen LogP contribution in [-0.4, -0.2) is 31.7 Å². The van der Waals surface area contributed by atoms with E-state index >= 15 is 0 Å². The van der Waals surface area contributed by atoms with Crippen molar-refractivity contribution in [1.29, 1.82) is 0 Å². The topological polar surface area (TPSA) is 78.7 Å². The van der Waals surface area contributed by atoms with Gasteiger partial charge in [-0.2, -0.15) is 5.10 Å². The second-order valence-electron chi connectivity index (χ2n) is 3.65. The van der Waals surface area contributed by atoms with Crippen molar-refractivity contribution in [2.24, 2.45) is 5.73 Å². The van der Waals surface area contributed by atoms with Gasteiger partial charge in [0.25, 0.3) is 0 Å². The van der Waals surface area contributed by atoms with Crippen molar-refractivity contribution in [1.82, 2.24) is 19.3 Å². The SMILES string of the molecule is CCn1nccc1C(=O)c1cn(CCN)cn1. The van der Waals surface area contributed by atoms with Crippen molar-refractivity contribution in [3.8, 4) is 0 Å². The van der Waals surface area contributed by atoms with E-state index in [1.54, 1.807) is 34.0 Å². The van der Waals surface area contributed by atoms with Gasteiger partial charge in [-0.1, -0.05) is 0 Å². The molecule has 90 valence electrons. The van der Waals surface area contributed by atoms with Gasteiger partial charge in [-0.15, -0.1) is 0 Å². The number of rotatable bonds is 5. The average Bonchev–Trinajstić information content (AvgIpc) is 2.96. The normalized spacial score (nSPS) is 10.7. The molecule has 2 aromatic rings. The van der Waals surface area contributed by atoms with Crippen LogP contribution < -0.4 is 5.73 Å². The summed E-state index contributed by atoms with van der Waals surface area (Å²) in [6.45, 7) is 3.79. The molecule has 0 saturated carbocycles. The van der Waals surface area contributed by atoms with Gasteiger partial charge in [0.15, 0.2) is 0 Å². The molecule has 0 amide bonds. The Hall–Kier alpha value is -1.95. The van der Waals surface area contributed by atoms with Gasteiger partial charge in [0.2, 0.25) is 5.78 Å². The molecule has 0 aliphatic heterocycles. The molecule has 0 saturated heterocycles. The Bertz CT molecular complexity index is 513. The lowest BCUT2D eigenvalue weighted by Crippen LogP contribution is -2.11. The fraction of sp³-hybridized carbons (Fsp3) is 0.364. The van der Waals surface area contributed by atoms with Gasteiger partial charge in [0.1, 0.15) is 11.4 Å². The first kappa shape index (κ1) is 11.5. The lowest BCUT2D eigenvalue weighted by Gasteiger charge is -2.01. The lowest BCUT2D eigenvalue weighted by molar-refractivity contribution is 0.102. The quantitative estimate of drug-likeness (QED) is 0.753. The molecule has 0 unspecified atom stereocenters. The predicted octanol–water partition coefficient (Wildman–Crippen LogP) is 0.289. The molecular weight excluding hydrogens is 218 g/mol. The number of ketones is 1. The van der Waals surface area contributed by atoms with Crippen LogP contribution in [0.1, 0.15) is 23.1 Å². The molecule has 6 nitrogen and oxygen atoms in total. The summed E-state index contributed by atoms with van der Waals surface area (Å²) in [6.07, 6.45) is 4.95. The highest BCUT2D eigenvalue weighted by molar-refractivity contribution is 6.06. The van der Waals surface area contributed by atoms with Crippen LogP contribution in [0.3, 0.4) is 0 Å². The van der Waals surface area contributed by atoms with E-state index in [4.69, 9.17) is 5.73 Å². The summed E-state index contributed by atoms with van der Waals surface area (Å²) in [5.74, 6) is -0.111. The molecule has 0 spiro atoms. The largest absolute Gasteiger partial charge is 0.335 e. The molecule has 2 rings (SSSR count). The van der Waals surface area contributed by atoms with E-state index in [0.717, 1.165) is 0 Å². The van der Waals surface area contributed by atoms with Crippen molar-refractivity contribution >= 4 is 5.78 Å². The van der Waals surface area contributed by atoms with Gasteiger partial charge < -0.3 is 10.3 Å². The first-order chi connectivity index (χ1) is 8.26. The smallest absolute Gasteiger partial charge is 0.230 e. The first-order valence-corrected chi connectivity index (χ1v) is 5.54. The van der Waals surface area contributed by atoms with E-state index in [2.05, 4.69) is 10.1 Å².